The molecule has 0 fully saturated rings. The van der Waals surface area contributed by atoms with Gasteiger partial charge in [0.05, 0.1) is 13.3 Å². The van der Waals surface area contributed by atoms with E-state index in [9.17, 15) is 14.4 Å². The molecule has 20 heavy (non-hydrogen) atoms. The summed E-state index contributed by atoms with van der Waals surface area (Å²) in [6.45, 7) is -0.472. The predicted octanol–water partition coefficient (Wildman–Crippen LogP) is -1.58. The largest absolute Gasteiger partial charge is 0.468 e. The summed E-state index contributed by atoms with van der Waals surface area (Å²) in [5.74, 6) is -1.05. The van der Waals surface area contributed by atoms with Crippen LogP contribution in [-0.4, -0.2) is 44.9 Å². The Hall–Kier alpha value is -2.71. The number of carbonyl (C=O) groups excluding carboxylic acids is 2. The lowest BCUT2D eigenvalue weighted by Crippen LogP contribution is -2.35. The van der Waals surface area contributed by atoms with Gasteiger partial charge < -0.3 is 10.1 Å². The van der Waals surface area contributed by atoms with Crippen molar-refractivity contribution < 1.29 is 14.3 Å². The number of aryl methyl sites for hydroxylation is 1. The van der Waals surface area contributed by atoms with Crippen LogP contribution >= 0.6 is 0 Å². The number of esters is 1. The van der Waals surface area contributed by atoms with E-state index in [1.807, 2.05) is 0 Å². The highest BCUT2D eigenvalue weighted by Gasteiger charge is 2.11. The number of methoxy groups -OCH3 is 1. The van der Waals surface area contributed by atoms with Crippen LogP contribution in [0.3, 0.4) is 0 Å². The number of carbonyl (C=O) groups is 2. The van der Waals surface area contributed by atoms with Crippen LogP contribution in [0, 0.1) is 0 Å². The maximum atomic E-state index is 12.1. The van der Waals surface area contributed by atoms with Crippen LogP contribution in [0.15, 0.2) is 17.3 Å². The first-order valence-corrected chi connectivity index (χ1v) is 5.73. The molecule has 0 aliphatic carbocycles. The van der Waals surface area contributed by atoms with Crippen LogP contribution in [0.25, 0.3) is 11.0 Å². The predicted molar refractivity (Wildman–Crippen MR) is 67.8 cm³/mol. The second-order valence-electron chi connectivity index (χ2n) is 4.04. The molecule has 0 unspecified atom stereocenters. The van der Waals surface area contributed by atoms with E-state index in [1.54, 1.807) is 7.05 Å². The summed E-state index contributed by atoms with van der Waals surface area (Å²) in [7, 11) is 2.89. The van der Waals surface area contributed by atoms with Gasteiger partial charge in [0.2, 0.25) is 5.91 Å². The Morgan fingerprint density at radius 2 is 2.20 bits per heavy atom. The quantitative estimate of drug-likeness (QED) is 0.677. The number of fused-ring (bicyclic) bond motifs is 1. The fourth-order valence-corrected chi connectivity index (χ4v) is 1.63. The first kappa shape index (κ1) is 13.7. The number of ether oxygens (including phenoxy) is 1. The Kier molecular flexibility index (Phi) is 3.78. The van der Waals surface area contributed by atoms with Gasteiger partial charge >= 0.3 is 5.97 Å². The van der Waals surface area contributed by atoms with Gasteiger partial charge in [-0.2, -0.15) is 5.10 Å². The molecular formula is C11H13N5O4. The molecule has 9 heteroatoms. The van der Waals surface area contributed by atoms with Gasteiger partial charge in [0.1, 0.15) is 24.8 Å². The summed E-state index contributed by atoms with van der Waals surface area (Å²) in [5.41, 5.74) is 0.0811. The SMILES string of the molecule is COC(=O)CNC(=O)Cn1cnc2c(cnn2C)c1=O. The van der Waals surface area contributed by atoms with E-state index in [4.69, 9.17) is 0 Å². The second kappa shape index (κ2) is 5.51. The van der Waals surface area contributed by atoms with E-state index in [-0.39, 0.29) is 18.6 Å². The van der Waals surface area contributed by atoms with Crippen LogP contribution in [-0.2, 0) is 27.9 Å². The lowest BCUT2D eigenvalue weighted by atomic mass is 10.4. The average Bonchev–Trinajstić information content (AvgIpc) is 2.81. The molecule has 1 N–H and O–H groups in total. The van der Waals surface area contributed by atoms with E-state index in [1.165, 1.54) is 24.3 Å². The minimum absolute atomic E-state index is 0.229. The summed E-state index contributed by atoms with van der Waals surface area (Å²) in [6.07, 6.45) is 2.66. The molecule has 106 valence electrons. The Labute approximate surface area is 113 Å². The molecule has 0 saturated carbocycles. The van der Waals surface area contributed by atoms with Crippen LogP contribution in [0.4, 0.5) is 0 Å². The number of nitrogens with one attached hydrogen (secondary N) is 1. The van der Waals surface area contributed by atoms with E-state index >= 15 is 0 Å². The van der Waals surface area contributed by atoms with Gasteiger partial charge in [0.15, 0.2) is 5.65 Å². The Bertz CT molecular complexity index is 717. The summed E-state index contributed by atoms with van der Waals surface area (Å²) in [6, 6.07) is 0. The minimum atomic E-state index is -0.563. The maximum Gasteiger partial charge on any atom is 0.325 e. The summed E-state index contributed by atoms with van der Waals surface area (Å²) in [5, 5.41) is 6.60. The topological polar surface area (TPSA) is 108 Å². The monoisotopic (exact) mass is 279 g/mol. The van der Waals surface area contributed by atoms with Crippen LogP contribution in [0.1, 0.15) is 0 Å². The highest BCUT2D eigenvalue weighted by Crippen LogP contribution is 2.02. The van der Waals surface area contributed by atoms with Gasteiger partial charge in [-0.25, -0.2) is 4.98 Å². The van der Waals surface area contributed by atoms with Crippen molar-refractivity contribution in [3.05, 3.63) is 22.9 Å². The molecule has 0 bridgehead atoms. The van der Waals surface area contributed by atoms with Crippen molar-refractivity contribution in [2.24, 2.45) is 7.05 Å². The van der Waals surface area contributed by atoms with Crippen molar-refractivity contribution >= 4 is 22.9 Å². The molecule has 0 saturated heterocycles. The zero-order valence-electron chi connectivity index (χ0n) is 11.0. The molecule has 0 radical (unpaired) electrons. The van der Waals surface area contributed by atoms with Gasteiger partial charge in [0.25, 0.3) is 5.56 Å². The smallest absolute Gasteiger partial charge is 0.325 e. The van der Waals surface area contributed by atoms with E-state index in [2.05, 4.69) is 20.1 Å². The average molecular weight is 279 g/mol. The molecule has 1 amide bonds. The number of rotatable bonds is 4. The van der Waals surface area contributed by atoms with Gasteiger partial charge in [-0.3, -0.25) is 23.6 Å². The van der Waals surface area contributed by atoms with E-state index < -0.39 is 11.9 Å². The highest BCUT2D eigenvalue weighted by atomic mass is 16.5. The van der Waals surface area contributed by atoms with Crippen LogP contribution in [0.5, 0.6) is 0 Å². The number of hydrogen-bond acceptors (Lipinski definition) is 6. The second-order valence-corrected chi connectivity index (χ2v) is 4.04. The maximum absolute atomic E-state index is 12.1. The molecule has 0 aromatic carbocycles. The third kappa shape index (κ3) is 2.66. The van der Waals surface area contributed by atoms with Crippen molar-refractivity contribution in [1.29, 1.82) is 0 Å². The Morgan fingerprint density at radius 1 is 1.45 bits per heavy atom. The molecule has 2 aromatic rings. The summed E-state index contributed by atoms with van der Waals surface area (Å²) in [4.78, 5) is 38.6. The van der Waals surface area contributed by atoms with Crippen molar-refractivity contribution in [3.8, 4) is 0 Å². The molecule has 0 spiro atoms. The van der Waals surface area contributed by atoms with Crippen molar-refractivity contribution in [1.82, 2.24) is 24.6 Å². The zero-order chi connectivity index (χ0) is 14.7. The Morgan fingerprint density at radius 3 is 2.90 bits per heavy atom. The van der Waals surface area contributed by atoms with Crippen LogP contribution < -0.4 is 10.9 Å². The molecular weight excluding hydrogens is 266 g/mol. The standard InChI is InChI=1S/C11H13N5O4/c1-15-10-7(3-14-15)11(19)16(6-13-10)5-8(17)12-4-9(18)20-2/h3,6H,4-5H2,1-2H3,(H,12,17). The minimum Gasteiger partial charge on any atom is -0.468 e. The van der Waals surface area contributed by atoms with Crippen LogP contribution in [0.2, 0.25) is 0 Å². The molecule has 0 aliphatic rings. The first-order valence-electron chi connectivity index (χ1n) is 5.73. The summed E-state index contributed by atoms with van der Waals surface area (Å²) < 4.78 is 7.01. The number of amides is 1. The molecule has 0 aliphatic heterocycles. The fourth-order valence-electron chi connectivity index (χ4n) is 1.63. The van der Waals surface area contributed by atoms with Gasteiger partial charge in [-0.15, -0.1) is 0 Å². The van der Waals surface area contributed by atoms with Gasteiger partial charge in [-0.05, 0) is 0 Å². The first-order chi connectivity index (χ1) is 9.52. The van der Waals surface area contributed by atoms with Crippen molar-refractivity contribution in [3.63, 3.8) is 0 Å². The lowest BCUT2D eigenvalue weighted by molar-refractivity contribution is -0.141. The van der Waals surface area contributed by atoms with Crippen molar-refractivity contribution in [2.45, 2.75) is 6.54 Å². The fraction of sp³-hybridized carbons (Fsp3) is 0.364. The van der Waals surface area contributed by atoms with E-state index in [0.29, 0.717) is 11.0 Å². The van der Waals surface area contributed by atoms with Gasteiger partial charge in [0, 0.05) is 7.05 Å². The summed E-state index contributed by atoms with van der Waals surface area (Å²) >= 11 is 0. The van der Waals surface area contributed by atoms with Gasteiger partial charge in [-0.1, -0.05) is 0 Å². The molecule has 0 atom stereocenters. The number of nitrogens with zero attached hydrogens (tertiary/aromatic N) is 4. The molecule has 2 rings (SSSR count). The van der Waals surface area contributed by atoms with E-state index in [0.717, 1.165) is 4.57 Å². The third-order valence-electron chi connectivity index (χ3n) is 2.69. The van der Waals surface area contributed by atoms with Crippen molar-refractivity contribution in [2.75, 3.05) is 13.7 Å². The normalized spacial score (nSPS) is 10.5. The molecule has 9 nitrogen and oxygen atoms in total. The number of aromatic nitrogens is 4. The lowest BCUT2D eigenvalue weighted by Gasteiger charge is -2.06. The Balaban J connectivity index is 2.14. The number of hydrogen-bond donors (Lipinski definition) is 1. The third-order valence-corrected chi connectivity index (χ3v) is 2.69. The zero-order valence-corrected chi connectivity index (χ0v) is 11.0. The molecule has 2 heterocycles. The molecule has 2 aromatic heterocycles. The highest BCUT2D eigenvalue weighted by molar-refractivity contribution is 5.82.